The number of pyridine rings is 1. The van der Waals surface area contributed by atoms with Crippen molar-refractivity contribution in [2.75, 3.05) is 18.6 Å². The molecule has 1 saturated carbocycles. The van der Waals surface area contributed by atoms with Crippen LogP contribution in [0.15, 0.2) is 28.9 Å². The van der Waals surface area contributed by atoms with Gasteiger partial charge in [-0.1, -0.05) is 0 Å². The molecule has 2 aromatic heterocycles. The second kappa shape index (κ2) is 6.80. The van der Waals surface area contributed by atoms with E-state index in [4.69, 9.17) is 11.6 Å². The van der Waals surface area contributed by atoms with Crippen molar-refractivity contribution in [2.45, 2.75) is 18.8 Å². The molecule has 0 aliphatic heterocycles. The maximum atomic E-state index is 14.6. The second-order valence-electron chi connectivity index (χ2n) is 6.97. The van der Waals surface area contributed by atoms with Gasteiger partial charge in [0, 0.05) is 22.8 Å². The molecule has 140 valence electrons. The fraction of sp³-hybridized carbons (Fsp3) is 0.278. The van der Waals surface area contributed by atoms with Crippen LogP contribution in [0.5, 0.6) is 0 Å². The van der Waals surface area contributed by atoms with Gasteiger partial charge in [-0.15, -0.1) is 0 Å². The van der Waals surface area contributed by atoms with Crippen LogP contribution in [0.3, 0.4) is 0 Å². The average molecular weight is 470 g/mol. The largest absolute Gasteiger partial charge is 0.339 e. The maximum Gasteiger partial charge on any atom is 0.224 e. The summed E-state index contributed by atoms with van der Waals surface area (Å²) in [4.78, 5) is 12.6. The minimum Gasteiger partial charge on any atom is -0.339 e. The van der Waals surface area contributed by atoms with Gasteiger partial charge in [0.15, 0.2) is 0 Å². The van der Waals surface area contributed by atoms with E-state index in [-0.39, 0.29) is 17.0 Å². The van der Waals surface area contributed by atoms with Gasteiger partial charge < -0.3 is 9.88 Å². The van der Waals surface area contributed by atoms with E-state index in [1.165, 1.54) is 12.3 Å². The van der Waals surface area contributed by atoms with Crippen LogP contribution >= 0.6 is 34.7 Å². The summed E-state index contributed by atoms with van der Waals surface area (Å²) < 4.78 is 28.3. The van der Waals surface area contributed by atoms with Gasteiger partial charge in [-0.25, -0.2) is 14.4 Å². The van der Waals surface area contributed by atoms with Gasteiger partial charge in [0.1, 0.15) is 18.8 Å². The van der Waals surface area contributed by atoms with Gasteiger partial charge in [-0.2, -0.15) is 4.98 Å². The Morgan fingerprint density at radius 1 is 1.30 bits per heavy atom. The molecule has 0 amide bonds. The number of benzene rings is 1. The minimum absolute atomic E-state index is 0.0843. The summed E-state index contributed by atoms with van der Waals surface area (Å²) in [5, 5.41) is 4.31. The molecule has 9 heteroatoms. The van der Waals surface area contributed by atoms with E-state index in [9.17, 15) is 8.96 Å². The highest BCUT2D eigenvalue weighted by molar-refractivity contribution is 9.10. The van der Waals surface area contributed by atoms with Crippen molar-refractivity contribution < 1.29 is 8.96 Å². The first-order valence-corrected chi connectivity index (χ1v) is 12.1. The number of nitrogens with one attached hydrogen (secondary N) is 1. The summed E-state index contributed by atoms with van der Waals surface area (Å²) >= 11 is 9.25. The summed E-state index contributed by atoms with van der Waals surface area (Å²) in [6, 6.07) is 5.05. The number of halogens is 3. The molecule has 0 unspecified atom stereocenters. The third-order valence-corrected chi connectivity index (χ3v) is 6.74. The summed E-state index contributed by atoms with van der Waals surface area (Å²) in [6.45, 7) is 3.31. The van der Waals surface area contributed by atoms with Crippen molar-refractivity contribution in [3.05, 3.63) is 45.7 Å². The molecule has 1 aliphatic carbocycles. The first-order valence-electron chi connectivity index (χ1n) is 8.38. The van der Waals surface area contributed by atoms with Gasteiger partial charge in [0.25, 0.3) is 0 Å². The Balaban J connectivity index is 1.91. The molecule has 0 atom stereocenters. The van der Waals surface area contributed by atoms with Crippen LogP contribution in [0.2, 0.25) is 5.28 Å². The molecule has 0 saturated heterocycles. The predicted molar refractivity (Wildman–Crippen MR) is 111 cm³/mol. The highest BCUT2D eigenvalue weighted by atomic mass is 79.9. The average Bonchev–Trinajstić information content (AvgIpc) is 3.41. The molecule has 1 fully saturated rings. The van der Waals surface area contributed by atoms with Crippen molar-refractivity contribution in [1.29, 1.82) is 0 Å². The molecule has 27 heavy (non-hydrogen) atoms. The molecule has 0 spiro atoms. The van der Waals surface area contributed by atoms with Crippen molar-refractivity contribution >= 4 is 62.4 Å². The number of aromatic nitrogens is 3. The fourth-order valence-electron chi connectivity index (χ4n) is 3.11. The van der Waals surface area contributed by atoms with Crippen LogP contribution < -0.4 is 10.6 Å². The van der Waals surface area contributed by atoms with Gasteiger partial charge >= 0.3 is 0 Å². The smallest absolute Gasteiger partial charge is 0.224 e. The first-order chi connectivity index (χ1) is 12.7. The SMILES string of the molecule is CP(C)(=O)c1c(Nc2nc(Cl)ncc2Br)ccc2nc(C3CC3)c(F)cc12. The summed E-state index contributed by atoms with van der Waals surface area (Å²) in [5.74, 6) is 0.292. The highest BCUT2D eigenvalue weighted by Crippen LogP contribution is 2.44. The van der Waals surface area contributed by atoms with Crippen molar-refractivity contribution in [3.63, 3.8) is 0 Å². The van der Waals surface area contributed by atoms with Crippen LogP contribution in [0, 0.1) is 5.82 Å². The number of nitrogens with zero attached hydrogens (tertiary/aromatic N) is 3. The van der Waals surface area contributed by atoms with Crippen LogP contribution in [0.1, 0.15) is 24.5 Å². The Labute approximate surface area is 169 Å². The zero-order valence-electron chi connectivity index (χ0n) is 14.6. The Morgan fingerprint density at radius 3 is 2.70 bits per heavy atom. The Hall–Kier alpha value is -1.56. The first kappa shape index (κ1) is 18.8. The minimum atomic E-state index is -2.77. The molecule has 0 bridgehead atoms. The molecule has 4 rings (SSSR count). The van der Waals surface area contributed by atoms with Crippen molar-refractivity contribution in [2.24, 2.45) is 0 Å². The number of rotatable bonds is 4. The van der Waals surface area contributed by atoms with E-state index in [0.717, 1.165) is 12.8 Å². The van der Waals surface area contributed by atoms with Crippen LogP contribution in [0.4, 0.5) is 15.9 Å². The lowest BCUT2D eigenvalue weighted by atomic mass is 10.1. The predicted octanol–water partition coefficient (Wildman–Crippen LogP) is 5.45. The van der Waals surface area contributed by atoms with Gasteiger partial charge in [-0.05, 0) is 71.9 Å². The van der Waals surface area contributed by atoms with E-state index in [1.54, 1.807) is 25.5 Å². The van der Waals surface area contributed by atoms with Crippen LogP contribution in [-0.2, 0) is 4.57 Å². The van der Waals surface area contributed by atoms with E-state index in [2.05, 4.69) is 36.2 Å². The number of hydrogen-bond donors (Lipinski definition) is 1. The number of hydrogen-bond acceptors (Lipinski definition) is 5. The van der Waals surface area contributed by atoms with Crippen molar-refractivity contribution in [3.8, 4) is 0 Å². The zero-order valence-corrected chi connectivity index (χ0v) is 17.9. The Bertz CT molecular complexity index is 1120. The number of fused-ring (bicyclic) bond motifs is 1. The topological polar surface area (TPSA) is 67.8 Å². The van der Waals surface area contributed by atoms with Crippen molar-refractivity contribution in [1.82, 2.24) is 15.0 Å². The lowest BCUT2D eigenvalue weighted by Crippen LogP contribution is -2.13. The normalized spacial score (nSPS) is 14.6. The molecular formula is C18H16BrClFN4OP. The van der Waals surface area contributed by atoms with Gasteiger partial charge in [-0.3, -0.25) is 0 Å². The molecule has 5 nitrogen and oxygen atoms in total. The lowest BCUT2D eigenvalue weighted by molar-refractivity contribution is 0.588. The standard InChI is InChI=1S/C18H16BrClFN4OP/c1-27(2,26)16-10-7-12(21)15(9-3-4-9)23-13(10)5-6-14(16)24-17-11(19)8-22-18(20)25-17/h5-9H,3-4H2,1-2H3,(H,22,24,25). The molecule has 1 N–H and O–H groups in total. The maximum absolute atomic E-state index is 14.6. The summed E-state index contributed by atoms with van der Waals surface area (Å²) in [7, 11) is -2.77. The number of anilines is 2. The molecule has 0 radical (unpaired) electrons. The second-order valence-corrected chi connectivity index (χ2v) is 11.3. The lowest BCUT2D eigenvalue weighted by Gasteiger charge is -2.18. The fourth-order valence-corrected chi connectivity index (χ4v) is 5.00. The molecular weight excluding hydrogens is 454 g/mol. The Kier molecular flexibility index (Phi) is 4.73. The molecule has 3 aromatic rings. The van der Waals surface area contributed by atoms with E-state index in [1.807, 2.05) is 0 Å². The third-order valence-electron chi connectivity index (χ3n) is 4.42. The van der Waals surface area contributed by atoms with Gasteiger partial charge in [0.05, 0.1) is 21.4 Å². The molecule has 1 aromatic carbocycles. The highest BCUT2D eigenvalue weighted by Gasteiger charge is 2.30. The molecule has 1 aliphatic rings. The van der Waals surface area contributed by atoms with Gasteiger partial charge in [0.2, 0.25) is 5.28 Å². The Morgan fingerprint density at radius 2 is 2.04 bits per heavy atom. The zero-order chi connectivity index (χ0) is 19.3. The third kappa shape index (κ3) is 3.73. The van der Waals surface area contributed by atoms with E-state index < -0.39 is 7.14 Å². The van der Waals surface area contributed by atoms with Crippen LogP contribution in [-0.4, -0.2) is 28.3 Å². The van der Waals surface area contributed by atoms with E-state index in [0.29, 0.717) is 37.9 Å². The monoisotopic (exact) mass is 468 g/mol. The van der Waals surface area contributed by atoms with E-state index >= 15 is 0 Å². The molecule has 2 heterocycles. The summed E-state index contributed by atoms with van der Waals surface area (Å²) in [6.07, 6.45) is 3.45. The summed E-state index contributed by atoms with van der Waals surface area (Å²) in [5.41, 5.74) is 1.72. The van der Waals surface area contributed by atoms with Crippen LogP contribution in [0.25, 0.3) is 10.9 Å². The quantitative estimate of drug-likeness (QED) is 0.407.